The Balaban J connectivity index is 1.15. The van der Waals surface area contributed by atoms with E-state index in [4.69, 9.17) is 0 Å². The number of thiophene rings is 1. The minimum absolute atomic E-state index is 0.0911. The minimum atomic E-state index is 0.0911. The lowest BCUT2D eigenvalue weighted by Gasteiger charge is -2.41. The van der Waals surface area contributed by atoms with Crippen LogP contribution in [0.25, 0.3) is 10.1 Å². The lowest BCUT2D eigenvalue weighted by Crippen LogP contribution is -2.62. The quantitative estimate of drug-likeness (QED) is 0.610. The summed E-state index contributed by atoms with van der Waals surface area (Å²) in [7, 11) is 0. The first kappa shape index (κ1) is 19.7. The molecule has 0 unspecified atom stereocenters. The predicted molar refractivity (Wildman–Crippen MR) is 123 cm³/mol. The Labute approximate surface area is 187 Å². The number of amides is 2. The lowest BCUT2D eigenvalue weighted by molar-refractivity contribution is 0.0557. The van der Waals surface area contributed by atoms with Gasteiger partial charge < -0.3 is 15.1 Å². The molecular weight excluding hydrogens is 462 g/mol. The summed E-state index contributed by atoms with van der Waals surface area (Å²) < 4.78 is 2.02. The van der Waals surface area contributed by atoms with Gasteiger partial charge in [-0.1, -0.05) is 36.4 Å². The van der Waals surface area contributed by atoms with Crippen LogP contribution >= 0.6 is 27.3 Å². The summed E-state index contributed by atoms with van der Waals surface area (Å²) >= 11 is 5.15. The molecule has 2 aliphatic heterocycles. The molecule has 1 atom stereocenters. The third-order valence-corrected chi connectivity index (χ3v) is 8.11. The zero-order valence-electron chi connectivity index (χ0n) is 16.4. The molecule has 2 amide bonds. The average Bonchev–Trinajstić information content (AvgIpc) is 3.35. The Morgan fingerprint density at radius 3 is 2.37 bits per heavy atom. The van der Waals surface area contributed by atoms with E-state index < -0.39 is 0 Å². The van der Waals surface area contributed by atoms with E-state index in [1.807, 2.05) is 64.4 Å². The fourth-order valence-electron chi connectivity index (χ4n) is 4.22. The van der Waals surface area contributed by atoms with Crippen LogP contribution in [-0.2, 0) is 0 Å². The van der Waals surface area contributed by atoms with Crippen molar-refractivity contribution in [3.05, 3.63) is 69.5 Å². The Bertz CT molecular complexity index is 1090. The number of hydrogen-bond acceptors (Lipinski definition) is 4. The molecular formula is C23H22BrN3O2S. The molecule has 2 saturated heterocycles. The fourth-order valence-corrected chi connectivity index (χ4v) is 6.17. The van der Waals surface area contributed by atoms with Gasteiger partial charge in [0, 0.05) is 58.4 Å². The van der Waals surface area contributed by atoms with E-state index in [2.05, 4.69) is 21.2 Å². The second kappa shape index (κ2) is 8.13. The van der Waals surface area contributed by atoms with Crippen molar-refractivity contribution in [1.29, 1.82) is 0 Å². The summed E-state index contributed by atoms with van der Waals surface area (Å²) in [6.07, 6.45) is 0.949. The molecule has 0 aliphatic carbocycles. The van der Waals surface area contributed by atoms with E-state index in [-0.39, 0.29) is 17.9 Å². The number of carbonyl (C=O) groups excluding carboxylic acids is 2. The van der Waals surface area contributed by atoms with E-state index in [1.165, 1.54) is 0 Å². The largest absolute Gasteiger partial charge is 0.337 e. The molecule has 0 saturated carbocycles. The van der Waals surface area contributed by atoms with E-state index in [0.717, 1.165) is 44.5 Å². The van der Waals surface area contributed by atoms with Gasteiger partial charge in [0.2, 0.25) is 0 Å². The SMILES string of the molecule is O=C(c1ccccc1)N1CC[C@H](NC2CN(C(=O)c3sc4ccccc4c3Br)C2)C1. The van der Waals surface area contributed by atoms with Gasteiger partial charge in [0.15, 0.2) is 0 Å². The van der Waals surface area contributed by atoms with Crippen molar-refractivity contribution in [3.8, 4) is 0 Å². The predicted octanol–water partition coefficient (Wildman–Crippen LogP) is 3.99. The summed E-state index contributed by atoms with van der Waals surface area (Å²) in [5.74, 6) is 0.188. The summed E-state index contributed by atoms with van der Waals surface area (Å²) in [6, 6.07) is 18.1. The Morgan fingerprint density at radius 1 is 0.900 bits per heavy atom. The second-order valence-electron chi connectivity index (χ2n) is 7.92. The summed E-state index contributed by atoms with van der Waals surface area (Å²) in [4.78, 5) is 30.1. The molecule has 154 valence electrons. The minimum Gasteiger partial charge on any atom is -0.337 e. The molecule has 0 bridgehead atoms. The fraction of sp³-hybridized carbons (Fsp3) is 0.304. The number of nitrogens with one attached hydrogen (secondary N) is 1. The first-order chi connectivity index (χ1) is 14.6. The maximum Gasteiger partial charge on any atom is 0.265 e. The van der Waals surface area contributed by atoms with Crippen molar-refractivity contribution in [2.75, 3.05) is 26.2 Å². The van der Waals surface area contributed by atoms with E-state index >= 15 is 0 Å². The van der Waals surface area contributed by atoms with E-state index in [9.17, 15) is 9.59 Å². The van der Waals surface area contributed by atoms with Crippen molar-refractivity contribution >= 4 is 49.2 Å². The summed E-state index contributed by atoms with van der Waals surface area (Å²) in [5, 5.41) is 4.73. The van der Waals surface area contributed by atoms with Gasteiger partial charge in [-0.05, 0) is 40.5 Å². The standard InChI is InChI=1S/C23H22BrN3O2S/c24-20-18-8-4-5-9-19(18)30-21(20)23(29)27-13-17(14-27)25-16-10-11-26(12-16)22(28)15-6-2-1-3-7-15/h1-9,16-17,25H,10-14H2/t16-/m0/s1. The number of halogens is 1. The highest BCUT2D eigenvalue weighted by Crippen LogP contribution is 2.36. The average molecular weight is 484 g/mol. The van der Waals surface area contributed by atoms with Crippen LogP contribution in [-0.4, -0.2) is 59.9 Å². The smallest absolute Gasteiger partial charge is 0.265 e. The van der Waals surface area contributed by atoms with Gasteiger partial charge in [0.1, 0.15) is 4.88 Å². The normalized spacial score (nSPS) is 19.3. The van der Waals surface area contributed by atoms with Crippen molar-refractivity contribution < 1.29 is 9.59 Å². The zero-order chi connectivity index (χ0) is 20.7. The van der Waals surface area contributed by atoms with Gasteiger partial charge in [-0.2, -0.15) is 0 Å². The molecule has 0 radical (unpaired) electrons. The number of carbonyl (C=O) groups is 2. The van der Waals surface area contributed by atoms with Crippen molar-refractivity contribution in [2.24, 2.45) is 0 Å². The number of fused-ring (bicyclic) bond motifs is 1. The Morgan fingerprint density at radius 2 is 1.60 bits per heavy atom. The molecule has 7 heteroatoms. The molecule has 5 nitrogen and oxygen atoms in total. The number of hydrogen-bond donors (Lipinski definition) is 1. The Hall–Kier alpha value is -2.22. The number of benzene rings is 2. The third kappa shape index (κ3) is 3.66. The van der Waals surface area contributed by atoms with Crippen LogP contribution in [0.4, 0.5) is 0 Å². The van der Waals surface area contributed by atoms with Crippen LogP contribution in [0.15, 0.2) is 59.1 Å². The lowest BCUT2D eigenvalue weighted by atomic mass is 10.1. The number of rotatable bonds is 4. The molecule has 1 aromatic heterocycles. The third-order valence-electron chi connectivity index (χ3n) is 5.87. The van der Waals surface area contributed by atoms with Crippen molar-refractivity contribution in [1.82, 2.24) is 15.1 Å². The van der Waals surface area contributed by atoms with Crippen LogP contribution in [0.3, 0.4) is 0 Å². The summed E-state index contributed by atoms with van der Waals surface area (Å²) in [5.41, 5.74) is 0.743. The van der Waals surface area contributed by atoms with E-state index in [1.54, 1.807) is 11.3 Å². The zero-order valence-corrected chi connectivity index (χ0v) is 18.8. The first-order valence-corrected chi connectivity index (χ1v) is 11.8. The number of nitrogens with zero attached hydrogens (tertiary/aromatic N) is 2. The highest BCUT2D eigenvalue weighted by molar-refractivity contribution is 9.10. The molecule has 0 spiro atoms. The maximum absolute atomic E-state index is 12.9. The molecule has 30 heavy (non-hydrogen) atoms. The first-order valence-electron chi connectivity index (χ1n) is 10.2. The molecule has 2 aliphatic rings. The van der Waals surface area contributed by atoms with Crippen LogP contribution in [0.1, 0.15) is 26.5 Å². The highest BCUT2D eigenvalue weighted by atomic mass is 79.9. The van der Waals surface area contributed by atoms with Gasteiger partial charge in [-0.15, -0.1) is 11.3 Å². The topological polar surface area (TPSA) is 52.7 Å². The van der Waals surface area contributed by atoms with Gasteiger partial charge in [-0.3, -0.25) is 9.59 Å². The van der Waals surface area contributed by atoms with Crippen LogP contribution in [0.2, 0.25) is 0 Å². The molecule has 1 N–H and O–H groups in total. The van der Waals surface area contributed by atoms with Gasteiger partial charge in [0.25, 0.3) is 11.8 Å². The van der Waals surface area contributed by atoms with Crippen LogP contribution in [0.5, 0.6) is 0 Å². The molecule has 2 aromatic carbocycles. The van der Waals surface area contributed by atoms with Gasteiger partial charge >= 0.3 is 0 Å². The second-order valence-corrected chi connectivity index (χ2v) is 9.76. The van der Waals surface area contributed by atoms with Crippen LogP contribution in [0, 0.1) is 0 Å². The van der Waals surface area contributed by atoms with Gasteiger partial charge in [0.05, 0.1) is 0 Å². The summed E-state index contributed by atoms with van der Waals surface area (Å²) in [6.45, 7) is 2.92. The maximum atomic E-state index is 12.9. The van der Waals surface area contributed by atoms with Crippen molar-refractivity contribution in [3.63, 3.8) is 0 Å². The van der Waals surface area contributed by atoms with Crippen LogP contribution < -0.4 is 5.32 Å². The highest BCUT2D eigenvalue weighted by Gasteiger charge is 2.36. The number of likely N-dealkylation sites (tertiary alicyclic amines) is 2. The van der Waals surface area contributed by atoms with Crippen molar-refractivity contribution in [2.45, 2.75) is 18.5 Å². The Kier molecular flexibility index (Phi) is 5.35. The van der Waals surface area contributed by atoms with E-state index in [0.29, 0.717) is 19.1 Å². The molecule has 3 aromatic rings. The monoisotopic (exact) mass is 483 g/mol. The molecule has 2 fully saturated rings. The molecule has 3 heterocycles. The molecule has 5 rings (SSSR count). The van der Waals surface area contributed by atoms with Gasteiger partial charge in [-0.25, -0.2) is 0 Å².